The number of sulfonamides is 1. The van der Waals surface area contributed by atoms with E-state index in [1.54, 1.807) is 10.4 Å². The minimum Gasteiger partial charge on any atom is -0.334 e. The highest BCUT2D eigenvalue weighted by Gasteiger charge is 2.29. The van der Waals surface area contributed by atoms with Crippen LogP contribution < -0.4 is 0 Å². The van der Waals surface area contributed by atoms with Crippen LogP contribution >= 0.6 is 11.3 Å². The minimum absolute atomic E-state index is 0.474. The molecule has 0 amide bonds. The van der Waals surface area contributed by atoms with Gasteiger partial charge in [-0.2, -0.15) is 4.31 Å². The predicted octanol–water partition coefficient (Wildman–Crippen LogP) is 1.82. The number of nitrogens with zero attached hydrogens (tertiary/aromatic N) is 4. The Morgan fingerprint density at radius 3 is 2.50 bits per heavy atom. The van der Waals surface area contributed by atoms with Crippen LogP contribution in [0.15, 0.2) is 28.7 Å². The van der Waals surface area contributed by atoms with E-state index in [0.717, 1.165) is 43.3 Å². The maximum absolute atomic E-state index is 12.7. The van der Waals surface area contributed by atoms with E-state index >= 15 is 0 Å². The Bertz CT molecular complexity index is 774. The first kappa shape index (κ1) is 17.6. The van der Waals surface area contributed by atoms with Gasteiger partial charge in [-0.15, -0.1) is 11.3 Å². The van der Waals surface area contributed by atoms with Crippen molar-refractivity contribution < 1.29 is 8.42 Å². The van der Waals surface area contributed by atoms with Crippen LogP contribution in [0.1, 0.15) is 17.6 Å². The fraction of sp³-hybridized carbons (Fsp3) is 0.562. The molecule has 8 heteroatoms. The van der Waals surface area contributed by atoms with Gasteiger partial charge in [0.05, 0.1) is 0 Å². The molecule has 1 aliphatic rings. The summed E-state index contributed by atoms with van der Waals surface area (Å²) >= 11 is 1.39. The van der Waals surface area contributed by atoms with Gasteiger partial charge in [0, 0.05) is 56.5 Å². The third-order valence-corrected chi connectivity index (χ3v) is 8.09. The zero-order valence-electron chi connectivity index (χ0n) is 14.2. The van der Waals surface area contributed by atoms with Crippen molar-refractivity contribution in [3.8, 4) is 0 Å². The number of aryl methyl sites for hydroxylation is 2. The van der Waals surface area contributed by atoms with Crippen LogP contribution in [-0.4, -0.2) is 59.9 Å². The molecular formula is C16H24N4O2S2. The lowest BCUT2D eigenvalue weighted by atomic mass is 10.3. The number of rotatable bonds is 6. The van der Waals surface area contributed by atoms with Gasteiger partial charge in [0.15, 0.2) is 0 Å². The number of hydrogen-bond donors (Lipinski definition) is 0. The lowest BCUT2D eigenvalue weighted by molar-refractivity contribution is 0.182. The van der Waals surface area contributed by atoms with E-state index in [-0.39, 0.29) is 0 Å². The first-order chi connectivity index (χ1) is 11.5. The Hall–Kier alpha value is -1.22. The van der Waals surface area contributed by atoms with Gasteiger partial charge in [0.1, 0.15) is 10.0 Å². The second kappa shape index (κ2) is 7.35. The minimum atomic E-state index is -3.33. The molecule has 3 heterocycles. The number of aromatic nitrogens is 2. The molecule has 3 rings (SSSR count). The van der Waals surface area contributed by atoms with Gasteiger partial charge in [0.25, 0.3) is 10.0 Å². The van der Waals surface area contributed by atoms with Gasteiger partial charge in [-0.3, -0.25) is 4.90 Å². The van der Waals surface area contributed by atoms with Crippen molar-refractivity contribution in [2.24, 2.45) is 0 Å². The fourth-order valence-corrected chi connectivity index (χ4v) is 5.77. The number of hydrogen-bond acceptors (Lipinski definition) is 5. The third-order valence-electron chi connectivity index (χ3n) is 4.49. The summed E-state index contributed by atoms with van der Waals surface area (Å²) in [5, 5.41) is 0. The summed E-state index contributed by atoms with van der Waals surface area (Å²) in [6, 6.07) is 3.66. The summed E-state index contributed by atoms with van der Waals surface area (Å²) in [5.74, 6) is 1.01. The topological polar surface area (TPSA) is 58.4 Å². The third kappa shape index (κ3) is 3.72. The quantitative estimate of drug-likeness (QED) is 0.780. The Morgan fingerprint density at radius 1 is 1.17 bits per heavy atom. The lowest BCUT2D eigenvalue weighted by Gasteiger charge is -2.33. The zero-order valence-corrected chi connectivity index (χ0v) is 15.8. The Labute approximate surface area is 147 Å². The summed E-state index contributed by atoms with van der Waals surface area (Å²) in [6.45, 7) is 8.53. The first-order valence-corrected chi connectivity index (χ1v) is 10.6. The van der Waals surface area contributed by atoms with E-state index in [9.17, 15) is 8.42 Å². The highest BCUT2D eigenvalue weighted by molar-refractivity contribution is 7.91. The summed E-state index contributed by atoms with van der Waals surface area (Å²) < 4.78 is 29.7. The van der Waals surface area contributed by atoms with Gasteiger partial charge < -0.3 is 4.57 Å². The molecule has 0 aliphatic carbocycles. The maximum Gasteiger partial charge on any atom is 0.252 e. The van der Waals surface area contributed by atoms with Crippen molar-refractivity contribution in [1.82, 2.24) is 18.8 Å². The van der Waals surface area contributed by atoms with Crippen LogP contribution in [0.5, 0.6) is 0 Å². The standard InChI is InChI=1S/C16H24N4O2S2/c1-3-15-4-5-16(23-15)24(21,22)20-12-9-18(10-13-20)8-11-19-7-6-17-14(19)2/h4-7H,3,8-13H2,1-2H3. The van der Waals surface area contributed by atoms with Crippen LogP contribution in [0.4, 0.5) is 0 Å². The Morgan fingerprint density at radius 2 is 1.92 bits per heavy atom. The molecule has 1 saturated heterocycles. The molecular weight excluding hydrogens is 344 g/mol. The Kier molecular flexibility index (Phi) is 5.39. The molecule has 0 aromatic carbocycles. The first-order valence-electron chi connectivity index (χ1n) is 8.29. The van der Waals surface area contributed by atoms with Crippen molar-refractivity contribution in [3.05, 3.63) is 35.2 Å². The van der Waals surface area contributed by atoms with Crippen LogP contribution in [0.3, 0.4) is 0 Å². The van der Waals surface area contributed by atoms with E-state index in [2.05, 4.69) is 14.5 Å². The molecule has 2 aromatic heterocycles. The molecule has 0 bridgehead atoms. The molecule has 2 aromatic rings. The van der Waals surface area contributed by atoms with Crippen LogP contribution in [-0.2, 0) is 23.0 Å². The van der Waals surface area contributed by atoms with Gasteiger partial charge in [-0.05, 0) is 25.5 Å². The molecule has 24 heavy (non-hydrogen) atoms. The van der Waals surface area contributed by atoms with Gasteiger partial charge >= 0.3 is 0 Å². The van der Waals surface area contributed by atoms with Gasteiger partial charge in [-0.25, -0.2) is 13.4 Å². The molecule has 0 N–H and O–H groups in total. The van der Waals surface area contributed by atoms with Crippen molar-refractivity contribution in [3.63, 3.8) is 0 Å². The molecule has 0 radical (unpaired) electrons. The van der Waals surface area contributed by atoms with E-state index in [4.69, 9.17) is 0 Å². The SMILES string of the molecule is CCc1ccc(S(=O)(=O)N2CCN(CCn3ccnc3C)CC2)s1. The summed E-state index contributed by atoms with van der Waals surface area (Å²) in [6.07, 6.45) is 4.67. The predicted molar refractivity (Wildman–Crippen MR) is 95.9 cm³/mol. The van der Waals surface area contributed by atoms with Crippen molar-refractivity contribution in [2.45, 2.75) is 31.0 Å². The van der Waals surface area contributed by atoms with E-state index in [1.165, 1.54) is 11.3 Å². The Balaban J connectivity index is 1.55. The lowest BCUT2D eigenvalue weighted by Crippen LogP contribution is -2.49. The van der Waals surface area contributed by atoms with Gasteiger partial charge in [-0.1, -0.05) is 6.92 Å². The number of thiophene rings is 1. The summed E-state index contributed by atoms with van der Waals surface area (Å²) in [4.78, 5) is 7.66. The highest BCUT2D eigenvalue weighted by atomic mass is 32.2. The second-order valence-electron chi connectivity index (χ2n) is 5.99. The van der Waals surface area contributed by atoms with Crippen molar-refractivity contribution in [2.75, 3.05) is 32.7 Å². The molecule has 0 unspecified atom stereocenters. The van der Waals surface area contributed by atoms with Gasteiger partial charge in [0.2, 0.25) is 0 Å². The number of imidazole rings is 1. The normalized spacial score (nSPS) is 17.4. The van der Waals surface area contributed by atoms with E-state index in [1.807, 2.05) is 32.3 Å². The molecule has 1 aliphatic heterocycles. The smallest absolute Gasteiger partial charge is 0.252 e. The molecule has 0 atom stereocenters. The van der Waals surface area contributed by atoms with E-state index < -0.39 is 10.0 Å². The second-order valence-corrected chi connectivity index (χ2v) is 9.32. The van der Waals surface area contributed by atoms with Crippen molar-refractivity contribution in [1.29, 1.82) is 0 Å². The molecule has 0 saturated carbocycles. The van der Waals surface area contributed by atoms with Crippen LogP contribution in [0.25, 0.3) is 0 Å². The summed E-state index contributed by atoms with van der Waals surface area (Å²) in [7, 11) is -3.33. The fourth-order valence-electron chi connectivity index (χ4n) is 2.90. The molecule has 1 fully saturated rings. The highest BCUT2D eigenvalue weighted by Crippen LogP contribution is 2.26. The van der Waals surface area contributed by atoms with Crippen LogP contribution in [0, 0.1) is 6.92 Å². The zero-order chi connectivity index (χ0) is 17.2. The molecule has 0 spiro atoms. The molecule has 132 valence electrons. The van der Waals surface area contributed by atoms with Crippen molar-refractivity contribution >= 4 is 21.4 Å². The average molecular weight is 369 g/mol. The molecule has 6 nitrogen and oxygen atoms in total. The monoisotopic (exact) mass is 368 g/mol. The maximum atomic E-state index is 12.7. The average Bonchev–Trinajstić information content (AvgIpc) is 3.22. The number of piperazine rings is 1. The largest absolute Gasteiger partial charge is 0.334 e. The summed E-state index contributed by atoms with van der Waals surface area (Å²) in [5.41, 5.74) is 0. The van der Waals surface area contributed by atoms with E-state index in [0.29, 0.717) is 17.3 Å². The van der Waals surface area contributed by atoms with Crippen LogP contribution in [0.2, 0.25) is 0 Å².